The van der Waals surface area contributed by atoms with Crippen LogP contribution in [0.3, 0.4) is 0 Å². The number of rotatable bonds is 8. The first-order chi connectivity index (χ1) is 19.1. The molecule has 4 rings (SSSR count). The second-order valence-electron chi connectivity index (χ2n) is 8.69. The largest absolute Gasteiger partial charge is 0.494 e. The van der Waals surface area contributed by atoms with E-state index in [-0.39, 0.29) is 11.1 Å². The summed E-state index contributed by atoms with van der Waals surface area (Å²) in [7, 11) is 0. The summed E-state index contributed by atoms with van der Waals surface area (Å²) in [5, 5.41) is -1.08. The van der Waals surface area contributed by atoms with E-state index >= 15 is 0 Å². The highest BCUT2D eigenvalue weighted by Gasteiger charge is 2.38. The average Bonchev–Trinajstić information content (AvgIpc) is 2.91. The van der Waals surface area contributed by atoms with Crippen LogP contribution in [-0.4, -0.2) is 6.61 Å². The molecule has 0 unspecified atom stereocenters. The molecule has 9 heteroatoms. The first-order valence-electron chi connectivity index (χ1n) is 12.1. The highest BCUT2D eigenvalue weighted by atomic mass is 35.5. The van der Waals surface area contributed by atoms with E-state index in [1.54, 1.807) is 30.3 Å². The first kappa shape index (κ1) is 29.3. The number of alkyl halides is 2. The van der Waals surface area contributed by atoms with Crippen LogP contribution in [0.1, 0.15) is 36.5 Å². The Kier molecular flexibility index (Phi) is 9.24. The Morgan fingerprint density at radius 1 is 0.750 bits per heavy atom. The zero-order valence-corrected chi connectivity index (χ0v) is 22.5. The molecule has 0 aliphatic rings. The summed E-state index contributed by atoms with van der Waals surface area (Å²) in [5.74, 6) is 2.92. The third-order valence-electron chi connectivity index (χ3n) is 5.74. The van der Waals surface area contributed by atoms with Gasteiger partial charge in [-0.3, -0.25) is 0 Å². The van der Waals surface area contributed by atoms with Gasteiger partial charge in [-0.05, 0) is 60.5 Å². The molecule has 2 nitrogen and oxygen atoms in total. The molecule has 0 aromatic heterocycles. The minimum atomic E-state index is -4.16. The van der Waals surface area contributed by atoms with Gasteiger partial charge in [0.25, 0.3) is 0 Å². The third kappa shape index (κ3) is 7.07. The average molecular weight is 591 g/mol. The zero-order valence-electron chi connectivity index (χ0n) is 21.0. The molecule has 0 saturated carbocycles. The van der Waals surface area contributed by atoms with E-state index in [9.17, 15) is 22.0 Å². The second kappa shape index (κ2) is 12.6. The fourth-order valence-electron chi connectivity index (χ4n) is 3.65. The van der Waals surface area contributed by atoms with Gasteiger partial charge < -0.3 is 9.47 Å². The molecule has 0 heterocycles. The van der Waals surface area contributed by atoms with Crippen LogP contribution in [0, 0.1) is 29.3 Å². The predicted molar refractivity (Wildman–Crippen MR) is 146 cm³/mol. The predicted octanol–water partition coefficient (Wildman–Crippen LogP) is 9.78. The standard InChI is InChI=1S/C31H21Cl2F5O2/c1-2-3-14-39-22-10-6-19(7-11-22)4-5-20-8-12-24(28(34)15-20)21-9-13-25(29(35)16-21)31(37,38)40-23-17-26(32)30(36)27(33)18-23/h6-13,15-18H,2-3,14H2,1H3. The third-order valence-corrected chi connectivity index (χ3v) is 6.29. The molecule has 4 aromatic rings. The lowest BCUT2D eigenvalue weighted by molar-refractivity contribution is -0.187. The van der Waals surface area contributed by atoms with Crippen LogP contribution >= 0.6 is 23.2 Å². The van der Waals surface area contributed by atoms with Crippen LogP contribution in [-0.2, 0) is 6.11 Å². The smallest absolute Gasteiger partial charge is 0.429 e. The quantitative estimate of drug-likeness (QED) is 0.0879. The van der Waals surface area contributed by atoms with Crippen molar-refractivity contribution in [2.45, 2.75) is 25.9 Å². The molecule has 0 saturated heterocycles. The molecule has 4 aromatic carbocycles. The van der Waals surface area contributed by atoms with Crippen molar-refractivity contribution in [3.63, 3.8) is 0 Å². The van der Waals surface area contributed by atoms with Crippen molar-refractivity contribution in [2.24, 2.45) is 0 Å². The molecule has 0 aliphatic carbocycles. The lowest BCUT2D eigenvalue weighted by Gasteiger charge is -2.20. The summed E-state index contributed by atoms with van der Waals surface area (Å²) >= 11 is 11.2. The van der Waals surface area contributed by atoms with Crippen LogP contribution in [0.2, 0.25) is 10.0 Å². The molecule has 0 N–H and O–H groups in total. The van der Waals surface area contributed by atoms with E-state index in [1.165, 1.54) is 12.1 Å². The maximum Gasteiger partial charge on any atom is 0.429 e. The Hall–Kier alpha value is -3.73. The van der Waals surface area contributed by atoms with Crippen molar-refractivity contribution in [1.82, 2.24) is 0 Å². The number of unbranched alkanes of at least 4 members (excludes halogenated alkanes) is 1. The van der Waals surface area contributed by atoms with Crippen LogP contribution < -0.4 is 9.47 Å². The molecular formula is C31H21Cl2F5O2. The minimum Gasteiger partial charge on any atom is -0.494 e. The van der Waals surface area contributed by atoms with Gasteiger partial charge in [-0.1, -0.05) is 60.5 Å². The number of ether oxygens (including phenoxy) is 2. The van der Waals surface area contributed by atoms with Crippen molar-refractivity contribution < 1.29 is 31.4 Å². The number of halogens is 7. The van der Waals surface area contributed by atoms with Crippen molar-refractivity contribution in [3.05, 3.63) is 117 Å². The van der Waals surface area contributed by atoms with Gasteiger partial charge in [0.15, 0.2) is 5.82 Å². The summed E-state index contributed by atoms with van der Waals surface area (Å²) in [4.78, 5) is 0. The van der Waals surface area contributed by atoms with Gasteiger partial charge >= 0.3 is 6.11 Å². The summed E-state index contributed by atoms with van der Waals surface area (Å²) in [6.45, 7) is 2.72. The Morgan fingerprint density at radius 2 is 1.40 bits per heavy atom. The number of benzene rings is 4. The van der Waals surface area contributed by atoms with Crippen LogP contribution in [0.5, 0.6) is 11.5 Å². The normalized spacial score (nSPS) is 11.1. The molecule has 0 atom stereocenters. The molecule has 40 heavy (non-hydrogen) atoms. The van der Waals surface area contributed by atoms with E-state index in [2.05, 4.69) is 23.5 Å². The van der Waals surface area contributed by atoms with Crippen molar-refractivity contribution >= 4 is 23.2 Å². The first-order valence-corrected chi connectivity index (χ1v) is 12.9. The topological polar surface area (TPSA) is 18.5 Å². The molecular weight excluding hydrogens is 570 g/mol. The van der Waals surface area contributed by atoms with Gasteiger partial charge in [-0.15, -0.1) is 0 Å². The molecule has 0 aliphatic heterocycles. The van der Waals surface area contributed by atoms with E-state index in [0.29, 0.717) is 17.7 Å². The lowest BCUT2D eigenvalue weighted by Crippen LogP contribution is -2.23. The highest BCUT2D eigenvalue weighted by molar-refractivity contribution is 6.35. The van der Waals surface area contributed by atoms with E-state index < -0.39 is 44.9 Å². The van der Waals surface area contributed by atoms with Gasteiger partial charge in [-0.2, -0.15) is 8.78 Å². The second-order valence-corrected chi connectivity index (χ2v) is 9.50. The zero-order chi connectivity index (χ0) is 28.9. The van der Waals surface area contributed by atoms with Crippen LogP contribution in [0.25, 0.3) is 11.1 Å². The Labute approximate surface area is 238 Å². The molecule has 0 radical (unpaired) electrons. The van der Waals surface area contributed by atoms with Crippen molar-refractivity contribution in [1.29, 1.82) is 0 Å². The summed E-state index contributed by atoms with van der Waals surface area (Å²) in [5.41, 5.74) is -0.0134. The Morgan fingerprint density at radius 3 is 2.02 bits per heavy atom. The van der Waals surface area contributed by atoms with Gasteiger partial charge in [0, 0.05) is 28.8 Å². The summed E-state index contributed by atoms with van der Waals surface area (Å²) < 4.78 is 82.8. The molecule has 206 valence electrons. The maximum atomic E-state index is 14.9. The molecule has 0 fully saturated rings. The Balaban J connectivity index is 1.49. The number of hydrogen-bond acceptors (Lipinski definition) is 2. The highest BCUT2D eigenvalue weighted by Crippen LogP contribution is 2.38. The van der Waals surface area contributed by atoms with E-state index in [1.807, 2.05) is 0 Å². The molecule has 0 bridgehead atoms. The van der Waals surface area contributed by atoms with Crippen LogP contribution in [0.4, 0.5) is 22.0 Å². The van der Waals surface area contributed by atoms with Gasteiger partial charge in [0.1, 0.15) is 23.1 Å². The van der Waals surface area contributed by atoms with E-state index in [0.717, 1.165) is 48.9 Å². The van der Waals surface area contributed by atoms with Crippen molar-refractivity contribution in [2.75, 3.05) is 6.61 Å². The monoisotopic (exact) mass is 590 g/mol. The molecule has 0 spiro atoms. The summed E-state index contributed by atoms with van der Waals surface area (Å²) in [6, 6.07) is 15.6. The SMILES string of the molecule is CCCCOc1ccc(C#Cc2ccc(-c3ccc(C(F)(F)Oc4cc(Cl)c(F)c(Cl)c4)c(F)c3)c(F)c2)cc1. The lowest BCUT2D eigenvalue weighted by atomic mass is 10.0. The van der Waals surface area contributed by atoms with Crippen LogP contribution in [0.15, 0.2) is 72.8 Å². The Bertz CT molecular complexity index is 1550. The fourth-order valence-corrected chi connectivity index (χ4v) is 4.12. The minimum absolute atomic E-state index is 0.00841. The van der Waals surface area contributed by atoms with Gasteiger partial charge in [0.2, 0.25) is 0 Å². The van der Waals surface area contributed by atoms with E-state index in [4.69, 9.17) is 27.9 Å². The van der Waals surface area contributed by atoms with Gasteiger partial charge in [-0.25, -0.2) is 13.2 Å². The fraction of sp³-hybridized carbons (Fsp3) is 0.161. The number of hydrogen-bond donors (Lipinski definition) is 0. The molecule has 0 amide bonds. The summed E-state index contributed by atoms with van der Waals surface area (Å²) in [6.07, 6.45) is -2.16. The maximum absolute atomic E-state index is 14.9. The van der Waals surface area contributed by atoms with Gasteiger partial charge in [0.05, 0.1) is 22.2 Å². The van der Waals surface area contributed by atoms with Crippen molar-refractivity contribution in [3.8, 4) is 34.5 Å².